The summed E-state index contributed by atoms with van der Waals surface area (Å²) in [5.74, 6) is 0. The van der Waals surface area contributed by atoms with Crippen molar-refractivity contribution in [3.63, 3.8) is 0 Å². The van der Waals surface area contributed by atoms with Crippen LogP contribution in [-0.4, -0.2) is 24.4 Å². The highest BCUT2D eigenvalue weighted by atomic mass is 16.7. The molecule has 0 aromatic carbocycles. The lowest BCUT2D eigenvalue weighted by atomic mass is 9.82. The Morgan fingerprint density at radius 1 is 1.09 bits per heavy atom. The maximum Gasteiger partial charge on any atom is 0.115 e. The molecule has 1 spiro atoms. The minimum atomic E-state index is 0.183. The lowest BCUT2D eigenvalue weighted by Crippen LogP contribution is -2.37. The molecular formula is C9H14O2. The SMILES string of the molecule is C1CCC2(CC1)OCC1OC12. The van der Waals surface area contributed by atoms with Crippen LogP contribution in [-0.2, 0) is 9.47 Å². The molecule has 0 aromatic rings. The van der Waals surface area contributed by atoms with E-state index in [2.05, 4.69) is 0 Å². The van der Waals surface area contributed by atoms with E-state index in [1.54, 1.807) is 0 Å². The molecule has 2 saturated heterocycles. The summed E-state index contributed by atoms with van der Waals surface area (Å²) in [4.78, 5) is 0. The summed E-state index contributed by atoms with van der Waals surface area (Å²) in [5, 5.41) is 0. The predicted molar refractivity (Wildman–Crippen MR) is 40.4 cm³/mol. The van der Waals surface area contributed by atoms with Crippen molar-refractivity contribution in [2.75, 3.05) is 6.61 Å². The van der Waals surface area contributed by atoms with Crippen LogP contribution in [0.4, 0.5) is 0 Å². The van der Waals surface area contributed by atoms with Crippen molar-refractivity contribution in [1.29, 1.82) is 0 Å². The topological polar surface area (TPSA) is 21.8 Å². The third-order valence-corrected chi connectivity index (χ3v) is 3.34. The van der Waals surface area contributed by atoms with Crippen molar-refractivity contribution in [3.8, 4) is 0 Å². The molecule has 2 nitrogen and oxygen atoms in total. The predicted octanol–water partition coefficient (Wildman–Crippen LogP) is 1.49. The van der Waals surface area contributed by atoms with Crippen LogP contribution in [0.15, 0.2) is 0 Å². The van der Waals surface area contributed by atoms with Gasteiger partial charge >= 0.3 is 0 Å². The van der Waals surface area contributed by atoms with Crippen LogP contribution < -0.4 is 0 Å². The standard InChI is InChI=1S/C9H14O2/c1-2-4-9(5-3-1)8-7(11-8)6-10-9/h7-8H,1-6H2. The van der Waals surface area contributed by atoms with Crippen molar-refractivity contribution in [3.05, 3.63) is 0 Å². The van der Waals surface area contributed by atoms with E-state index >= 15 is 0 Å². The monoisotopic (exact) mass is 154 g/mol. The van der Waals surface area contributed by atoms with E-state index < -0.39 is 0 Å². The Labute approximate surface area is 66.9 Å². The van der Waals surface area contributed by atoms with Gasteiger partial charge in [-0.05, 0) is 12.8 Å². The van der Waals surface area contributed by atoms with Crippen LogP contribution in [0.25, 0.3) is 0 Å². The van der Waals surface area contributed by atoms with Gasteiger partial charge in [-0.25, -0.2) is 0 Å². The molecule has 2 heteroatoms. The normalized spacial score (nSPS) is 45.8. The number of rotatable bonds is 0. The van der Waals surface area contributed by atoms with Crippen LogP contribution in [0.2, 0.25) is 0 Å². The molecule has 11 heavy (non-hydrogen) atoms. The molecule has 0 radical (unpaired) electrons. The smallest absolute Gasteiger partial charge is 0.115 e. The van der Waals surface area contributed by atoms with Crippen LogP contribution in [0.3, 0.4) is 0 Å². The van der Waals surface area contributed by atoms with E-state index in [-0.39, 0.29) is 5.60 Å². The summed E-state index contributed by atoms with van der Waals surface area (Å²) in [6.07, 6.45) is 7.53. The lowest BCUT2D eigenvalue weighted by Gasteiger charge is -2.33. The van der Waals surface area contributed by atoms with Gasteiger partial charge in [-0.1, -0.05) is 19.3 Å². The highest BCUT2D eigenvalue weighted by Crippen LogP contribution is 2.49. The van der Waals surface area contributed by atoms with Crippen LogP contribution >= 0.6 is 0 Å². The van der Waals surface area contributed by atoms with Gasteiger partial charge in [-0.3, -0.25) is 0 Å². The molecule has 2 aliphatic heterocycles. The summed E-state index contributed by atoms with van der Waals surface area (Å²) in [6, 6.07) is 0. The maximum atomic E-state index is 5.82. The fourth-order valence-electron chi connectivity index (χ4n) is 2.64. The van der Waals surface area contributed by atoms with E-state index in [0.717, 1.165) is 6.61 Å². The van der Waals surface area contributed by atoms with Gasteiger partial charge in [0.05, 0.1) is 12.2 Å². The Kier molecular flexibility index (Phi) is 1.16. The molecule has 2 atom stereocenters. The average molecular weight is 154 g/mol. The first kappa shape index (κ1) is 6.44. The number of epoxide rings is 1. The molecule has 2 heterocycles. The molecule has 3 rings (SSSR count). The van der Waals surface area contributed by atoms with E-state index in [1.807, 2.05) is 0 Å². The second-order valence-electron chi connectivity index (χ2n) is 4.03. The van der Waals surface area contributed by atoms with Crippen LogP contribution in [0.1, 0.15) is 32.1 Å². The molecule has 1 aliphatic carbocycles. The quantitative estimate of drug-likeness (QED) is 0.493. The highest BCUT2D eigenvalue weighted by Gasteiger charge is 2.61. The zero-order valence-corrected chi connectivity index (χ0v) is 6.71. The molecule has 1 saturated carbocycles. The van der Waals surface area contributed by atoms with Gasteiger partial charge in [0.15, 0.2) is 0 Å². The Hall–Kier alpha value is -0.0800. The third-order valence-electron chi connectivity index (χ3n) is 3.34. The van der Waals surface area contributed by atoms with Gasteiger partial charge in [-0.2, -0.15) is 0 Å². The largest absolute Gasteiger partial charge is 0.369 e. The molecule has 3 fully saturated rings. The van der Waals surface area contributed by atoms with Gasteiger partial charge in [0.25, 0.3) is 0 Å². The van der Waals surface area contributed by atoms with Gasteiger partial charge in [0.2, 0.25) is 0 Å². The molecule has 0 aromatic heterocycles. The summed E-state index contributed by atoms with van der Waals surface area (Å²) in [6.45, 7) is 0.866. The lowest BCUT2D eigenvalue weighted by molar-refractivity contribution is -0.0810. The minimum absolute atomic E-state index is 0.183. The van der Waals surface area contributed by atoms with E-state index in [1.165, 1.54) is 32.1 Å². The first-order valence-electron chi connectivity index (χ1n) is 4.70. The number of ether oxygens (including phenoxy) is 2. The second-order valence-corrected chi connectivity index (χ2v) is 4.03. The van der Waals surface area contributed by atoms with E-state index in [0.29, 0.717) is 12.2 Å². The van der Waals surface area contributed by atoms with Crippen molar-refractivity contribution in [2.24, 2.45) is 0 Å². The average Bonchev–Trinajstić information content (AvgIpc) is 2.77. The van der Waals surface area contributed by atoms with Crippen molar-refractivity contribution < 1.29 is 9.47 Å². The number of hydrogen-bond donors (Lipinski definition) is 0. The Morgan fingerprint density at radius 3 is 2.45 bits per heavy atom. The molecule has 62 valence electrons. The van der Waals surface area contributed by atoms with E-state index in [4.69, 9.17) is 9.47 Å². The number of fused-ring (bicyclic) bond motifs is 2. The van der Waals surface area contributed by atoms with Crippen LogP contribution in [0.5, 0.6) is 0 Å². The fourth-order valence-corrected chi connectivity index (χ4v) is 2.64. The summed E-state index contributed by atoms with van der Waals surface area (Å²) < 4.78 is 11.3. The van der Waals surface area contributed by atoms with Crippen molar-refractivity contribution >= 4 is 0 Å². The molecule has 2 unspecified atom stereocenters. The molecule has 0 amide bonds. The maximum absolute atomic E-state index is 5.82. The summed E-state index contributed by atoms with van der Waals surface area (Å²) >= 11 is 0. The van der Waals surface area contributed by atoms with E-state index in [9.17, 15) is 0 Å². The Balaban J connectivity index is 1.81. The van der Waals surface area contributed by atoms with Crippen molar-refractivity contribution in [2.45, 2.75) is 49.9 Å². The van der Waals surface area contributed by atoms with Gasteiger partial charge < -0.3 is 9.47 Å². The summed E-state index contributed by atoms with van der Waals surface area (Å²) in [5.41, 5.74) is 0.183. The van der Waals surface area contributed by atoms with Gasteiger partial charge in [-0.15, -0.1) is 0 Å². The molecule has 3 aliphatic rings. The van der Waals surface area contributed by atoms with Crippen molar-refractivity contribution in [1.82, 2.24) is 0 Å². The zero-order chi connectivity index (χ0) is 7.31. The first-order valence-corrected chi connectivity index (χ1v) is 4.70. The third kappa shape index (κ3) is 0.798. The second kappa shape index (κ2) is 1.99. The van der Waals surface area contributed by atoms with Crippen LogP contribution in [0, 0.1) is 0 Å². The minimum Gasteiger partial charge on any atom is -0.369 e. The Morgan fingerprint density at radius 2 is 1.91 bits per heavy atom. The molecule has 0 bridgehead atoms. The number of hydrogen-bond acceptors (Lipinski definition) is 2. The molecular weight excluding hydrogens is 140 g/mol. The first-order chi connectivity index (χ1) is 5.41. The highest BCUT2D eigenvalue weighted by molar-refractivity contribution is 5.08. The summed E-state index contributed by atoms with van der Waals surface area (Å²) in [7, 11) is 0. The van der Waals surface area contributed by atoms with Gasteiger partial charge in [0, 0.05) is 0 Å². The van der Waals surface area contributed by atoms with Gasteiger partial charge in [0.1, 0.15) is 12.2 Å². The Bertz CT molecular complexity index is 172. The molecule has 0 N–H and O–H groups in total. The zero-order valence-electron chi connectivity index (χ0n) is 6.71. The fraction of sp³-hybridized carbons (Fsp3) is 1.00.